The lowest BCUT2D eigenvalue weighted by atomic mass is 10.0. The van der Waals surface area contributed by atoms with Crippen LogP contribution in [-0.2, 0) is 17.8 Å². The van der Waals surface area contributed by atoms with E-state index >= 15 is 0 Å². The van der Waals surface area contributed by atoms with Crippen molar-refractivity contribution in [3.8, 4) is 17.3 Å². The molecular weight excluding hydrogens is 499 g/mol. The molecule has 0 saturated heterocycles. The van der Waals surface area contributed by atoms with Gasteiger partial charge in [-0.3, -0.25) is 9.69 Å². The summed E-state index contributed by atoms with van der Waals surface area (Å²) in [6.07, 6.45) is -5.75. The average Bonchev–Trinajstić information content (AvgIpc) is 3.52. The molecule has 2 amide bonds. The van der Waals surface area contributed by atoms with Gasteiger partial charge in [-0.1, -0.05) is 6.07 Å². The lowest BCUT2D eigenvalue weighted by molar-refractivity contribution is -0.162. The van der Waals surface area contributed by atoms with Crippen LogP contribution in [0, 0.1) is 0 Å². The van der Waals surface area contributed by atoms with Gasteiger partial charge >= 0.3 is 12.3 Å². The van der Waals surface area contributed by atoms with E-state index in [0.717, 1.165) is 4.90 Å². The summed E-state index contributed by atoms with van der Waals surface area (Å²) in [5.41, 5.74) is 1.67. The number of aliphatic hydroxyl groups excluding tert-OH is 1. The molecule has 0 spiro atoms. The van der Waals surface area contributed by atoms with Crippen molar-refractivity contribution in [2.75, 3.05) is 25.6 Å². The molecule has 12 nitrogen and oxygen atoms in total. The predicted octanol–water partition coefficient (Wildman–Crippen LogP) is 2.56. The normalized spacial score (nSPS) is 13.7. The molecule has 0 unspecified atom stereocenters. The number of benzene rings is 1. The zero-order valence-electron chi connectivity index (χ0n) is 19.7. The van der Waals surface area contributed by atoms with Crippen LogP contribution in [0.25, 0.3) is 11.5 Å². The van der Waals surface area contributed by atoms with Gasteiger partial charge in [0.1, 0.15) is 17.3 Å². The third-order valence-electron chi connectivity index (χ3n) is 5.50. The fourth-order valence-corrected chi connectivity index (χ4v) is 3.69. The van der Waals surface area contributed by atoms with Crippen molar-refractivity contribution < 1.29 is 37.3 Å². The molecule has 196 valence electrons. The predicted molar refractivity (Wildman–Crippen MR) is 120 cm³/mol. The number of carbonyl (C=O) groups excluding carboxylic acids is 2. The number of pyridine rings is 1. The highest BCUT2D eigenvalue weighted by Crippen LogP contribution is 2.31. The maximum atomic E-state index is 13.1. The molecule has 1 aliphatic heterocycles. The Bertz CT molecular complexity index is 1310. The number of aliphatic hydroxyl groups is 1. The van der Waals surface area contributed by atoms with Gasteiger partial charge in [0, 0.05) is 13.1 Å². The Labute approximate surface area is 208 Å². The van der Waals surface area contributed by atoms with Gasteiger partial charge in [0.25, 0.3) is 5.91 Å². The number of carbonyl (C=O) groups is 2. The van der Waals surface area contributed by atoms with Crippen LogP contribution in [0.5, 0.6) is 5.75 Å². The second-order valence-corrected chi connectivity index (χ2v) is 8.19. The van der Waals surface area contributed by atoms with Crippen LogP contribution in [-0.4, -0.2) is 73.7 Å². The number of nitrogens with one attached hydrogen (secondary N) is 1. The summed E-state index contributed by atoms with van der Waals surface area (Å²) in [7, 11) is 1.36. The van der Waals surface area contributed by atoms with E-state index in [1.165, 1.54) is 17.9 Å². The van der Waals surface area contributed by atoms with E-state index in [2.05, 4.69) is 30.6 Å². The molecule has 3 heterocycles. The van der Waals surface area contributed by atoms with Crippen molar-refractivity contribution in [1.29, 1.82) is 0 Å². The molecule has 2 N–H and O–H groups in total. The summed E-state index contributed by atoms with van der Waals surface area (Å²) in [6, 6.07) is 7.51. The number of halogens is 3. The van der Waals surface area contributed by atoms with Gasteiger partial charge in [0.05, 0.1) is 25.3 Å². The number of ether oxygens (including phenoxy) is 2. The number of alkyl halides is 3. The fraction of sp³-hybridized carbons (Fsp3) is 0.364. The summed E-state index contributed by atoms with van der Waals surface area (Å²) in [5, 5.41) is 23.5. The van der Waals surface area contributed by atoms with E-state index < -0.39 is 30.8 Å². The Morgan fingerprint density at radius 2 is 1.95 bits per heavy atom. The number of hydrogen-bond donors (Lipinski definition) is 2. The molecular formula is C22H22F3N7O5. The van der Waals surface area contributed by atoms with E-state index in [1.807, 2.05) is 0 Å². The zero-order valence-corrected chi connectivity index (χ0v) is 19.7. The summed E-state index contributed by atoms with van der Waals surface area (Å²) in [5.74, 6) is 0.128. The van der Waals surface area contributed by atoms with Crippen LogP contribution in [0.1, 0.15) is 34.5 Å². The molecule has 0 aliphatic carbocycles. The van der Waals surface area contributed by atoms with Gasteiger partial charge in [0.15, 0.2) is 6.61 Å². The number of rotatable bonds is 7. The molecule has 37 heavy (non-hydrogen) atoms. The highest BCUT2D eigenvalue weighted by atomic mass is 19.4. The molecule has 0 saturated carbocycles. The zero-order chi connectivity index (χ0) is 26.7. The second kappa shape index (κ2) is 10.4. The van der Waals surface area contributed by atoms with Gasteiger partial charge in [0.2, 0.25) is 5.82 Å². The molecule has 0 fully saturated rings. The van der Waals surface area contributed by atoms with Gasteiger partial charge in [-0.15, -0.1) is 5.10 Å². The van der Waals surface area contributed by atoms with Crippen molar-refractivity contribution in [1.82, 2.24) is 30.1 Å². The molecule has 2 aromatic heterocycles. The van der Waals surface area contributed by atoms with Crippen molar-refractivity contribution in [3.05, 3.63) is 47.0 Å². The molecule has 1 atom stereocenters. The Balaban J connectivity index is 1.52. The minimum Gasteiger partial charge on any atom is -0.496 e. The van der Waals surface area contributed by atoms with Crippen LogP contribution in [0.3, 0.4) is 0 Å². The van der Waals surface area contributed by atoms with Crippen LogP contribution in [0.4, 0.5) is 23.8 Å². The SMILES string of the molecule is COc1cc2c(cc1C(=O)Nc1cccc(-c3nnnn3[C@H](C)CO)n1)CN(C(=O)OCC(F)(F)F)C2. The van der Waals surface area contributed by atoms with E-state index in [-0.39, 0.29) is 36.8 Å². The standard InChI is InChI=1S/C22H22F3N7O5/c1-12(10-33)32-19(28-29-30-32)16-4-3-5-18(26-16)27-20(34)15-6-13-8-31(9-14(13)7-17(15)36-2)21(35)37-11-22(23,24)25/h3-7,12,33H,8-11H2,1-2H3,(H,26,27,34)/t12-/m1/s1. The van der Waals surface area contributed by atoms with E-state index in [0.29, 0.717) is 22.6 Å². The molecule has 3 aromatic rings. The van der Waals surface area contributed by atoms with Crippen LogP contribution in [0.2, 0.25) is 0 Å². The number of aromatic nitrogens is 5. The first kappa shape index (κ1) is 25.8. The summed E-state index contributed by atoms with van der Waals surface area (Å²) in [6.45, 7) is -0.176. The number of fused-ring (bicyclic) bond motifs is 1. The van der Waals surface area contributed by atoms with Gasteiger partial charge in [-0.25, -0.2) is 14.5 Å². The number of amides is 2. The molecule has 1 aliphatic rings. The Hall–Kier alpha value is -4.27. The lowest BCUT2D eigenvalue weighted by Crippen LogP contribution is -2.30. The molecule has 0 radical (unpaired) electrons. The first-order valence-corrected chi connectivity index (χ1v) is 11.0. The van der Waals surface area contributed by atoms with E-state index in [4.69, 9.17) is 4.74 Å². The number of tetrazole rings is 1. The highest BCUT2D eigenvalue weighted by molar-refractivity contribution is 6.06. The maximum Gasteiger partial charge on any atom is 0.422 e. The summed E-state index contributed by atoms with van der Waals surface area (Å²) < 4.78 is 48.2. The quantitative estimate of drug-likeness (QED) is 0.479. The van der Waals surface area contributed by atoms with Crippen molar-refractivity contribution in [3.63, 3.8) is 0 Å². The number of methoxy groups -OCH3 is 1. The molecule has 1 aromatic carbocycles. The van der Waals surface area contributed by atoms with E-state index in [1.54, 1.807) is 31.2 Å². The van der Waals surface area contributed by atoms with E-state index in [9.17, 15) is 27.9 Å². The Kier molecular flexibility index (Phi) is 7.24. The monoisotopic (exact) mass is 521 g/mol. The van der Waals surface area contributed by atoms with Crippen LogP contribution < -0.4 is 10.1 Å². The van der Waals surface area contributed by atoms with Crippen molar-refractivity contribution in [2.45, 2.75) is 32.2 Å². The third-order valence-corrected chi connectivity index (χ3v) is 5.50. The second-order valence-electron chi connectivity index (χ2n) is 8.19. The number of anilines is 1. The Morgan fingerprint density at radius 1 is 1.22 bits per heavy atom. The van der Waals surface area contributed by atoms with Crippen molar-refractivity contribution >= 4 is 17.8 Å². The highest BCUT2D eigenvalue weighted by Gasteiger charge is 2.33. The first-order valence-electron chi connectivity index (χ1n) is 11.0. The van der Waals surface area contributed by atoms with Gasteiger partial charge < -0.3 is 19.9 Å². The fourth-order valence-electron chi connectivity index (χ4n) is 3.69. The number of hydrogen-bond acceptors (Lipinski definition) is 9. The molecule has 4 rings (SSSR count). The summed E-state index contributed by atoms with van der Waals surface area (Å²) in [4.78, 5) is 30.6. The maximum absolute atomic E-state index is 13.1. The average molecular weight is 521 g/mol. The topological polar surface area (TPSA) is 145 Å². The minimum atomic E-state index is -4.63. The largest absolute Gasteiger partial charge is 0.496 e. The number of nitrogens with zero attached hydrogens (tertiary/aromatic N) is 6. The van der Waals surface area contributed by atoms with Crippen molar-refractivity contribution in [2.24, 2.45) is 0 Å². The van der Waals surface area contributed by atoms with Crippen LogP contribution in [0.15, 0.2) is 30.3 Å². The Morgan fingerprint density at radius 3 is 2.62 bits per heavy atom. The third kappa shape index (κ3) is 5.77. The van der Waals surface area contributed by atoms with Crippen LogP contribution >= 0.6 is 0 Å². The van der Waals surface area contributed by atoms with Gasteiger partial charge in [-0.2, -0.15) is 13.2 Å². The molecule has 15 heteroatoms. The lowest BCUT2D eigenvalue weighted by Gasteiger charge is -2.16. The van der Waals surface area contributed by atoms with Gasteiger partial charge in [-0.05, 0) is 52.7 Å². The molecule has 0 bridgehead atoms. The smallest absolute Gasteiger partial charge is 0.422 e. The minimum absolute atomic E-state index is 0.00879. The summed E-state index contributed by atoms with van der Waals surface area (Å²) >= 11 is 0. The first-order chi connectivity index (χ1) is 17.6.